The van der Waals surface area contributed by atoms with E-state index in [9.17, 15) is 0 Å². The van der Waals surface area contributed by atoms with Crippen molar-refractivity contribution in [3.8, 4) is 11.4 Å². The van der Waals surface area contributed by atoms with Gasteiger partial charge in [-0.25, -0.2) is 0 Å². The van der Waals surface area contributed by atoms with Gasteiger partial charge < -0.3 is 15.0 Å². The molecule has 16 heavy (non-hydrogen) atoms. The van der Waals surface area contributed by atoms with Crippen molar-refractivity contribution in [2.24, 2.45) is 5.73 Å². The highest BCUT2D eigenvalue weighted by atomic mass is 16.5. The van der Waals surface area contributed by atoms with E-state index in [2.05, 4.69) is 16.8 Å². The van der Waals surface area contributed by atoms with Crippen LogP contribution in [0.25, 0.3) is 5.69 Å². The summed E-state index contributed by atoms with van der Waals surface area (Å²) in [6.07, 6.45) is 5.02. The van der Waals surface area contributed by atoms with Crippen LogP contribution < -0.4 is 10.5 Å². The van der Waals surface area contributed by atoms with Crippen molar-refractivity contribution >= 4 is 0 Å². The molecule has 2 aromatic rings. The molecule has 0 saturated carbocycles. The van der Waals surface area contributed by atoms with Crippen LogP contribution in [0.3, 0.4) is 0 Å². The van der Waals surface area contributed by atoms with Gasteiger partial charge in [-0.1, -0.05) is 12.1 Å². The predicted molar refractivity (Wildman–Crippen MR) is 65.1 cm³/mol. The Morgan fingerprint density at radius 3 is 2.81 bits per heavy atom. The third kappa shape index (κ3) is 2.09. The molecule has 0 bridgehead atoms. The first kappa shape index (κ1) is 10.8. The maximum atomic E-state index is 5.53. The van der Waals surface area contributed by atoms with Crippen LogP contribution >= 0.6 is 0 Å². The predicted octanol–water partition coefficient (Wildman–Crippen LogP) is 1.99. The number of para-hydroxylation sites is 2. The van der Waals surface area contributed by atoms with Crippen molar-refractivity contribution < 1.29 is 4.74 Å². The molecule has 0 unspecified atom stereocenters. The van der Waals surface area contributed by atoms with Gasteiger partial charge in [-0.15, -0.1) is 0 Å². The van der Waals surface area contributed by atoms with Crippen LogP contribution in [0, 0.1) is 0 Å². The molecule has 0 aliphatic carbocycles. The van der Waals surface area contributed by atoms with Crippen LogP contribution in [0.4, 0.5) is 0 Å². The molecule has 0 amide bonds. The number of rotatable bonds is 4. The number of methoxy groups -OCH3 is 1. The fraction of sp³-hybridized carbons (Fsp3) is 0.231. The lowest BCUT2D eigenvalue weighted by molar-refractivity contribution is 0.413. The zero-order chi connectivity index (χ0) is 11.4. The first-order chi connectivity index (χ1) is 7.85. The Labute approximate surface area is 95.5 Å². The van der Waals surface area contributed by atoms with E-state index in [1.165, 1.54) is 5.56 Å². The molecule has 84 valence electrons. The summed E-state index contributed by atoms with van der Waals surface area (Å²) in [7, 11) is 1.68. The second-order valence-electron chi connectivity index (χ2n) is 3.64. The van der Waals surface area contributed by atoms with Crippen molar-refractivity contribution in [3.63, 3.8) is 0 Å². The van der Waals surface area contributed by atoms with Gasteiger partial charge >= 0.3 is 0 Å². The summed E-state index contributed by atoms with van der Waals surface area (Å²) in [5.74, 6) is 0.873. The Hall–Kier alpha value is -1.74. The van der Waals surface area contributed by atoms with Crippen molar-refractivity contribution in [1.29, 1.82) is 0 Å². The second-order valence-corrected chi connectivity index (χ2v) is 3.64. The number of ether oxygens (including phenoxy) is 1. The molecule has 3 nitrogen and oxygen atoms in total. The van der Waals surface area contributed by atoms with E-state index < -0.39 is 0 Å². The molecular formula is C13H16N2O. The van der Waals surface area contributed by atoms with E-state index in [0.717, 1.165) is 17.9 Å². The van der Waals surface area contributed by atoms with Crippen LogP contribution in [0.15, 0.2) is 42.7 Å². The van der Waals surface area contributed by atoms with Gasteiger partial charge in [0.25, 0.3) is 0 Å². The molecule has 0 atom stereocenters. The van der Waals surface area contributed by atoms with Gasteiger partial charge in [0.2, 0.25) is 0 Å². The average Bonchev–Trinajstić information content (AvgIpc) is 2.78. The summed E-state index contributed by atoms with van der Waals surface area (Å²) in [5.41, 5.74) is 7.82. The van der Waals surface area contributed by atoms with Crippen molar-refractivity contribution in [2.75, 3.05) is 13.7 Å². The van der Waals surface area contributed by atoms with E-state index in [1.807, 2.05) is 30.5 Å². The van der Waals surface area contributed by atoms with E-state index in [-0.39, 0.29) is 0 Å². The molecule has 2 rings (SSSR count). The topological polar surface area (TPSA) is 40.2 Å². The number of aromatic nitrogens is 1. The Morgan fingerprint density at radius 2 is 2.06 bits per heavy atom. The summed E-state index contributed by atoms with van der Waals surface area (Å²) < 4.78 is 7.38. The molecule has 0 aliphatic heterocycles. The van der Waals surface area contributed by atoms with Crippen LogP contribution in [0.2, 0.25) is 0 Å². The van der Waals surface area contributed by atoms with E-state index >= 15 is 0 Å². The first-order valence-corrected chi connectivity index (χ1v) is 5.35. The van der Waals surface area contributed by atoms with E-state index in [4.69, 9.17) is 10.5 Å². The molecule has 3 heteroatoms. The van der Waals surface area contributed by atoms with Crippen LogP contribution in [-0.2, 0) is 6.42 Å². The number of hydrogen-bond donors (Lipinski definition) is 1. The van der Waals surface area contributed by atoms with Gasteiger partial charge in [0.1, 0.15) is 5.75 Å². The minimum absolute atomic E-state index is 0.677. The first-order valence-electron chi connectivity index (χ1n) is 5.35. The van der Waals surface area contributed by atoms with Gasteiger partial charge in [0.15, 0.2) is 0 Å². The maximum absolute atomic E-state index is 5.53. The molecule has 0 saturated heterocycles. The smallest absolute Gasteiger partial charge is 0.142 e. The highest BCUT2D eigenvalue weighted by Gasteiger charge is 2.04. The molecule has 1 aromatic heterocycles. The van der Waals surface area contributed by atoms with Crippen molar-refractivity contribution in [3.05, 3.63) is 48.3 Å². The van der Waals surface area contributed by atoms with Gasteiger partial charge in [-0.05, 0) is 36.7 Å². The molecule has 0 aliphatic rings. The lowest BCUT2D eigenvalue weighted by Gasteiger charge is -2.08. The third-order valence-corrected chi connectivity index (χ3v) is 2.55. The summed E-state index contributed by atoms with van der Waals surface area (Å²) in [6.45, 7) is 0.677. The molecule has 2 N–H and O–H groups in total. The summed E-state index contributed by atoms with van der Waals surface area (Å²) in [6, 6.07) is 10.0. The van der Waals surface area contributed by atoms with Gasteiger partial charge in [-0.3, -0.25) is 0 Å². The van der Waals surface area contributed by atoms with Crippen molar-refractivity contribution in [2.45, 2.75) is 6.42 Å². The normalized spacial score (nSPS) is 10.4. The lowest BCUT2D eigenvalue weighted by Crippen LogP contribution is -2.01. The maximum Gasteiger partial charge on any atom is 0.142 e. The Kier molecular flexibility index (Phi) is 3.27. The van der Waals surface area contributed by atoms with Crippen molar-refractivity contribution in [1.82, 2.24) is 4.57 Å². The average molecular weight is 216 g/mol. The number of hydrogen-bond acceptors (Lipinski definition) is 2. The standard InChI is InChI=1S/C13H16N2O/c1-16-13-5-3-2-4-12(13)15-9-7-11(10-15)6-8-14/h2-5,7,9-10H,6,8,14H2,1H3. The zero-order valence-electron chi connectivity index (χ0n) is 9.39. The Bertz CT molecular complexity index is 462. The largest absolute Gasteiger partial charge is 0.495 e. The molecule has 0 fully saturated rings. The van der Waals surface area contributed by atoms with Gasteiger partial charge in [0.05, 0.1) is 12.8 Å². The third-order valence-electron chi connectivity index (χ3n) is 2.55. The minimum Gasteiger partial charge on any atom is -0.495 e. The van der Waals surface area contributed by atoms with Crippen LogP contribution in [0.1, 0.15) is 5.56 Å². The number of nitrogens with zero attached hydrogens (tertiary/aromatic N) is 1. The van der Waals surface area contributed by atoms with Gasteiger partial charge in [0, 0.05) is 12.4 Å². The zero-order valence-corrected chi connectivity index (χ0v) is 9.39. The summed E-state index contributed by atoms with van der Waals surface area (Å²) in [5, 5.41) is 0. The quantitative estimate of drug-likeness (QED) is 0.849. The Morgan fingerprint density at radius 1 is 1.25 bits per heavy atom. The Balaban J connectivity index is 2.34. The lowest BCUT2D eigenvalue weighted by atomic mass is 10.2. The number of benzene rings is 1. The fourth-order valence-corrected chi connectivity index (χ4v) is 1.75. The molecule has 1 heterocycles. The molecule has 1 aromatic carbocycles. The van der Waals surface area contributed by atoms with E-state index in [1.54, 1.807) is 7.11 Å². The van der Waals surface area contributed by atoms with E-state index in [0.29, 0.717) is 6.54 Å². The second kappa shape index (κ2) is 4.86. The number of nitrogens with two attached hydrogens (primary N) is 1. The fourth-order valence-electron chi connectivity index (χ4n) is 1.75. The summed E-state index contributed by atoms with van der Waals surface area (Å²) >= 11 is 0. The molecule has 0 radical (unpaired) electrons. The highest BCUT2D eigenvalue weighted by molar-refractivity contribution is 5.47. The molecule has 0 spiro atoms. The monoisotopic (exact) mass is 216 g/mol. The molecular weight excluding hydrogens is 200 g/mol. The summed E-state index contributed by atoms with van der Waals surface area (Å²) in [4.78, 5) is 0. The van der Waals surface area contributed by atoms with Crippen LogP contribution in [-0.4, -0.2) is 18.2 Å². The van der Waals surface area contributed by atoms with Crippen LogP contribution in [0.5, 0.6) is 5.75 Å². The highest BCUT2D eigenvalue weighted by Crippen LogP contribution is 2.22. The minimum atomic E-state index is 0.677. The van der Waals surface area contributed by atoms with Gasteiger partial charge in [-0.2, -0.15) is 0 Å². The SMILES string of the molecule is COc1ccccc1-n1ccc(CCN)c1.